The van der Waals surface area contributed by atoms with Gasteiger partial charge in [-0.25, -0.2) is 0 Å². The molecule has 1 aliphatic rings. The number of fused-ring (bicyclic) bond motifs is 2. The third-order valence-corrected chi connectivity index (χ3v) is 6.42. The molecule has 1 atom stereocenters. The van der Waals surface area contributed by atoms with Gasteiger partial charge in [-0.15, -0.1) is 0 Å². The Morgan fingerprint density at radius 2 is 1.75 bits per heavy atom. The Balaban J connectivity index is 1.86. The summed E-state index contributed by atoms with van der Waals surface area (Å²) in [5.74, 6) is 0.657. The molecule has 2 heterocycles. The zero-order valence-electron chi connectivity index (χ0n) is 19.2. The van der Waals surface area contributed by atoms with Gasteiger partial charge in [0.1, 0.15) is 11.3 Å². The molecule has 4 rings (SSSR count). The first-order chi connectivity index (χ1) is 15.5. The van der Waals surface area contributed by atoms with Crippen molar-refractivity contribution in [3.8, 4) is 5.75 Å². The van der Waals surface area contributed by atoms with Crippen molar-refractivity contribution in [1.29, 1.82) is 0 Å². The molecule has 1 aliphatic heterocycles. The summed E-state index contributed by atoms with van der Waals surface area (Å²) in [7, 11) is 1.62. The first-order valence-electron chi connectivity index (χ1n) is 11.3. The topological polar surface area (TPSA) is 63.0 Å². The molecule has 2 aromatic carbocycles. The van der Waals surface area contributed by atoms with Gasteiger partial charge in [0.2, 0.25) is 5.76 Å². The van der Waals surface area contributed by atoms with E-state index in [0.29, 0.717) is 23.1 Å². The Morgan fingerprint density at radius 3 is 2.38 bits per heavy atom. The number of carbonyl (C=O) groups excluding carboxylic acids is 1. The third kappa shape index (κ3) is 3.79. The van der Waals surface area contributed by atoms with Crippen LogP contribution in [0.2, 0.25) is 0 Å². The zero-order valence-corrected chi connectivity index (χ0v) is 19.2. The first kappa shape index (κ1) is 22.1. The molecule has 0 radical (unpaired) electrons. The van der Waals surface area contributed by atoms with Gasteiger partial charge < -0.3 is 19.0 Å². The number of amides is 1. The molecule has 0 aliphatic carbocycles. The second-order valence-electron chi connectivity index (χ2n) is 8.06. The van der Waals surface area contributed by atoms with Crippen LogP contribution in [0.15, 0.2) is 51.7 Å². The molecule has 0 bridgehead atoms. The van der Waals surface area contributed by atoms with Gasteiger partial charge in [0, 0.05) is 13.1 Å². The molecule has 6 heteroatoms. The Morgan fingerprint density at radius 1 is 1.03 bits per heavy atom. The molecule has 3 aromatic rings. The van der Waals surface area contributed by atoms with E-state index in [1.807, 2.05) is 36.4 Å². The van der Waals surface area contributed by atoms with Gasteiger partial charge in [0.05, 0.1) is 24.1 Å². The van der Waals surface area contributed by atoms with Gasteiger partial charge in [-0.05, 0) is 54.9 Å². The molecule has 0 N–H and O–H groups in total. The summed E-state index contributed by atoms with van der Waals surface area (Å²) in [5.41, 5.74) is 2.69. The van der Waals surface area contributed by atoms with Crippen molar-refractivity contribution in [1.82, 2.24) is 9.80 Å². The highest BCUT2D eigenvalue weighted by Gasteiger charge is 2.42. The summed E-state index contributed by atoms with van der Waals surface area (Å²) in [6.45, 7) is 9.31. The maximum absolute atomic E-state index is 13.7. The minimum absolute atomic E-state index is 0.129. The van der Waals surface area contributed by atoms with E-state index in [9.17, 15) is 9.59 Å². The van der Waals surface area contributed by atoms with Crippen LogP contribution in [-0.4, -0.2) is 49.0 Å². The molecule has 0 fully saturated rings. The average Bonchev–Trinajstić information content (AvgIpc) is 3.11. The largest absolute Gasteiger partial charge is 0.497 e. The second-order valence-corrected chi connectivity index (χ2v) is 8.06. The Bertz CT molecular complexity index is 1180. The van der Waals surface area contributed by atoms with Crippen molar-refractivity contribution >= 4 is 16.9 Å². The van der Waals surface area contributed by atoms with E-state index in [-0.39, 0.29) is 17.1 Å². The molecule has 32 heavy (non-hydrogen) atoms. The summed E-state index contributed by atoms with van der Waals surface area (Å²) in [4.78, 5) is 31.2. The number of hydrogen-bond donors (Lipinski definition) is 0. The van der Waals surface area contributed by atoms with Crippen LogP contribution in [0.3, 0.4) is 0 Å². The van der Waals surface area contributed by atoms with E-state index in [0.717, 1.165) is 42.9 Å². The van der Waals surface area contributed by atoms with Crippen LogP contribution in [0.25, 0.3) is 11.0 Å². The lowest BCUT2D eigenvalue weighted by molar-refractivity contribution is 0.0708. The van der Waals surface area contributed by atoms with Crippen molar-refractivity contribution in [2.75, 3.05) is 33.3 Å². The summed E-state index contributed by atoms with van der Waals surface area (Å²) in [6.07, 6.45) is 0.823. The Labute approximate surface area is 188 Å². The van der Waals surface area contributed by atoms with Crippen LogP contribution in [-0.2, 0) is 6.42 Å². The lowest BCUT2D eigenvalue weighted by atomic mass is 9.98. The highest BCUT2D eigenvalue weighted by molar-refractivity contribution is 5.99. The lowest BCUT2D eigenvalue weighted by Crippen LogP contribution is -2.37. The van der Waals surface area contributed by atoms with Crippen LogP contribution in [0, 0.1) is 0 Å². The van der Waals surface area contributed by atoms with Crippen molar-refractivity contribution in [3.63, 3.8) is 0 Å². The van der Waals surface area contributed by atoms with Gasteiger partial charge >= 0.3 is 0 Å². The van der Waals surface area contributed by atoms with Crippen LogP contribution in [0.5, 0.6) is 5.75 Å². The van der Waals surface area contributed by atoms with Gasteiger partial charge in [0.15, 0.2) is 5.43 Å². The molecule has 0 saturated carbocycles. The van der Waals surface area contributed by atoms with E-state index in [4.69, 9.17) is 9.15 Å². The maximum Gasteiger partial charge on any atom is 0.290 e. The summed E-state index contributed by atoms with van der Waals surface area (Å²) in [5, 5.41) is 0.528. The standard InChI is InChI=1S/C26H30N2O4/c1-5-17-8-13-21-20(16-17)24(29)22-23(18-9-11-19(31-4)12-10-18)28(26(30)25(22)32-21)15-14-27(6-2)7-3/h8-13,16,23H,5-7,14-15H2,1-4H3. The fraction of sp³-hybridized carbons (Fsp3) is 0.385. The Kier molecular flexibility index (Phi) is 6.33. The average molecular weight is 435 g/mol. The van der Waals surface area contributed by atoms with Crippen LogP contribution < -0.4 is 10.2 Å². The summed E-state index contributed by atoms with van der Waals surface area (Å²) in [6, 6.07) is 12.7. The van der Waals surface area contributed by atoms with E-state index >= 15 is 0 Å². The molecule has 1 amide bonds. The first-order valence-corrected chi connectivity index (χ1v) is 11.3. The number of hydrogen-bond acceptors (Lipinski definition) is 5. The van der Waals surface area contributed by atoms with Gasteiger partial charge in [-0.1, -0.05) is 39.0 Å². The van der Waals surface area contributed by atoms with Gasteiger partial charge in [-0.3, -0.25) is 9.59 Å². The van der Waals surface area contributed by atoms with Gasteiger partial charge in [-0.2, -0.15) is 0 Å². The quantitative estimate of drug-likeness (QED) is 0.530. The second kappa shape index (κ2) is 9.17. The van der Waals surface area contributed by atoms with Crippen molar-refractivity contribution < 1.29 is 13.9 Å². The third-order valence-electron chi connectivity index (χ3n) is 6.42. The highest BCUT2D eigenvalue weighted by atomic mass is 16.5. The number of rotatable bonds is 8. The van der Waals surface area contributed by atoms with E-state index < -0.39 is 6.04 Å². The summed E-state index contributed by atoms with van der Waals surface area (Å²) >= 11 is 0. The number of ether oxygens (including phenoxy) is 1. The predicted molar refractivity (Wildman–Crippen MR) is 126 cm³/mol. The maximum atomic E-state index is 13.7. The number of methoxy groups -OCH3 is 1. The smallest absolute Gasteiger partial charge is 0.290 e. The minimum atomic E-state index is -0.482. The fourth-order valence-electron chi connectivity index (χ4n) is 4.44. The van der Waals surface area contributed by atoms with Crippen molar-refractivity contribution in [2.24, 2.45) is 0 Å². The van der Waals surface area contributed by atoms with Crippen LogP contribution in [0.1, 0.15) is 54.1 Å². The summed E-state index contributed by atoms with van der Waals surface area (Å²) < 4.78 is 11.4. The van der Waals surface area contributed by atoms with Crippen LogP contribution >= 0.6 is 0 Å². The SMILES string of the molecule is CCc1ccc2oc3c(c(=O)c2c1)C(c1ccc(OC)cc1)N(CCN(CC)CC)C3=O. The molecule has 168 valence electrons. The number of aryl methyl sites for hydroxylation is 1. The molecule has 6 nitrogen and oxygen atoms in total. The number of likely N-dealkylation sites (N-methyl/N-ethyl adjacent to an activating group) is 1. The number of carbonyl (C=O) groups is 1. The van der Waals surface area contributed by atoms with E-state index in [1.54, 1.807) is 18.1 Å². The van der Waals surface area contributed by atoms with Crippen LogP contribution in [0.4, 0.5) is 0 Å². The lowest BCUT2D eigenvalue weighted by Gasteiger charge is -2.28. The number of nitrogens with zero attached hydrogens (tertiary/aromatic N) is 2. The molecule has 0 spiro atoms. The molecular formula is C26H30N2O4. The zero-order chi connectivity index (χ0) is 22.8. The fourth-order valence-corrected chi connectivity index (χ4v) is 4.44. The minimum Gasteiger partial charge on any atom is -0.497 e. The van der Waals surface area contributed by atoms with Crippen molar-refractivity contribution in [3.05, 3.63) is 75.1 Å². The van der Waals surface area contributed by atoms with Gasteiger partial charge in [0.25, 0.3) is 5.91 Å². The van der Waals surface area contributed by atoms with E-state index in [1.165, 1.54) is 0 Å². The molecule has 1 aromatic heterocycles. The predicted octanol–water partition coefficient (Wildman–Crippen LogP) is 4.25. The highest BCUT2D eigenvalue weighted by Crippen LogP contribution is 2.38. The van der Waals surface area contributed by atoms with Crippen molar-refractivity contribution in [2.45, 2.75) is 33.2 Å². The normalized spacial score (nSPS) is 15.6. The van der Waals surface area contributed by atoms with E-state index in [2.05, 4.69) is 25.7 Å². The molecule has 0 saturated heterocycles. The Hall–Kier alpha value is -3.12. The molecular weight excluding hydrogens is 404 g/mol. The monoisotopic (exact) mass is 434 g/mol. The number of benzene rings is 2. The molecule has 1 unspecified atom stereocenters.